The van der Waals surface area contributed by atoms with Gasteiger partial charge < -0.3 is 4.57 Å². The monoisotopic (exact) mass is 327 g/mol. The molecule has 0 atom stereocenters. The summed E-state index contributed by atoms with van der Waals surface area (Å²) in [7, 11) is 1.89. The molecule has 0 bridgehead atoms. The van der Waals surface area contributed by atoms with Crippen molar-refractivity contribution in [2.45, 2.75) is 0 Å². The Hall–Kier alpha value is -2.28. The standard InChI is InChI=1S/C17H11Cl2N3/c1-22-16-5-3-2-4-15(16)21-17(22)12(10-20)8-11-6-7-13(18)9-14(11)19/h2-9H,1H3/b12-8+. The summed E-state index contributed by atoms with van der Waals surface area (Å²) in [6.07, 6.45) is 1.72. The van der Waals surface area contributed by atoms with Gasteiger partial charge >= 0.3 is 0 Å². The molecule has 0 aliphatic rings. The Morgan fingerprint density at radius 1 is 1.23 bits per heavy atom. The maximum absolute atomic E-state index is 9.50. The molecule has 0 aliphatic carbocycles. The van der Waals surface area contributed by atoms with E-state index in [1.807, 2.05) is 35.9 Å². The predicted molar refractivity (Wildman–Crippen MR) is 90.7 cm³/mol. The number of aryl methyl sites for hydroxylation is 1. The van der Waals surface area contributed by atoms with Crippen molar-refractivity contribution < 1.29 is 0 Å². The van der Waals surface area contributed by atoms with Crippen molar-refractivity contribution in [3.05, 3.63) is 63.9 Å². The van der Waals surface area contributed by atoms with Crippen LogP contribution in [0, 0.1) is 11.3 Å². The predicted octanol–water partition coefficient (Wildman–Crippen LogP) is 4.94. The van der Waals surface area contributed by atoms with Gasteiger partial charge in [0, 0.05) is 17.1 Å². The second-order valence-corrected chi connectivity index (χ2v) is 5.66. The topological polar surface area (TPSA) is 41.6 Å². The number of nitriles is 1. The normalized spacial score (nSPS) is 11.6. The Labute approximate surface area is 138 Å². The Morgan fingerprint density at radius 3 is 2.68 bits per heavy atom. The minimum atomic E-state index is 0.447. The van der Waals surface area contributed by atoms with E-state index in [-0.39, 0.29) is 0 Å². The van der Waals surface area contributed by atoms with Gasteiger partial charge in [-0.2, -0.15) is 5.26 Å². The first-order valence-corrected chi connectivity index (χ1v) is 7.34. The molecule has 3 aromatic rings. The molecule has 1 aromatic heterocycles. The summed E-state index contributed by atoms with van der Waals surface area (Å²) in [6, 6.07) is 15.1. The molecule has 0 radical (unpaired) electrons. The first-order chi connectivity index (χ1) is 10.6. The number of benzene rings is 2. The van der Waals surface area contributed by atoms with Gasteiger partial charge in [-0.05, 0) is 35.9 Å². The van der Waals surface area contributed by atoms with Crippen molar-refractivity contribution in [1.82, 2.24) is 9.55 Å². The van der Waals surface area contributed by atoms with E-state index in [1.54, 1.807) is 24.3 Å². The Balaban J connectivity index is 2.16. The van der Waals surface area contributed by atoms with E-state index in [2.05, 4.69) is 11.1 Å². The lowest BCUT2D eigenvalue weighted by molar-refractivity contribution is 0.925. The van der Waals surface area contributed by atoms with Crippen molar-refractivity contribution in [3.63, 3.8) is 0 Å². The molecular weight excluding hydrogens is 317 g/mol. The van der Waals surface area contributed by atoms with Crippen molar-refractivity contribution >= 4 is 45.9 Å². The van der Waals surface area contributed by atoms with Crippen LogP contribution >= 0.6 is 23.2 Å². The van der Waals surface area contributed by atoms with E-state index in [0.717, 1.165) is 16.6 Å². The lowest BCUT2D eigenvalue weighted by atomic mass is 10.1. The molecule has 3 rings (SSSR count). The second-order valence-electron chi connectivity index (χ2n) is 4.82. The van der Waals surface area contributed by atoms with Crippen LogP contribution in [0.2, 0.25) is 10.0 Å². The second kappa shape index (κ2) is 5.84. The maximum atomic E-state index is 9.50. The highest BCUT2D eigenvalue weighted by molar-refractivity contribution is 6.35. The molecular formula is C17H11Cl2N3. The quantitative estimate of drug-likeness (QED) is 0.625. The number of allylic oxidation sites excluding steroid dienone is 1. The van der Waals surface area contributed by atoms with Crippen molar-refractivity contribution in [2.75, 3.05) is 0 Å². The van der Waals surface area contributed by atoms with Crippen molar-refractivity contribution in [3.8, 4) is 6.07 Å². The fourth-order valence-electron chi connectivity index (χ4n) is 2.31. The molecule has 5 heteroatoms. The van der Waals surface area contributed by atoms with E-state index in [0.29, 0.717) is 21.4 Å². The third-order valence-corrected chi connectivity index (χ3v) is 3.97. The third kappa shape index (κ3) is 2.59. The zero-order chi connectivity index (χ0) is 15.7. The number of para-hydroxylation sites is 2. The molecule has 2 aromatic carbocycles. The van der Waals surface area contributed by atoms with Crippen LogP contribution in [0.25, 0.3) is 22.7 Å². The van der Waals surface area contributed by atoms with Gasteiger partial charge in [-0.3, -0.25) is 0 Å². The van der Waals surface area contributed by atoms with Gasteiger partial charge in [0.05, 0.1) is 16.6 Å². The lowest BCUT2D eigenvalue weighted by Crippen LogP contribution is -1.96. The summed E-state index contributed by atoms with van der Waals surface area (Å²) in [5.41, 5.74) is 3.00. The average Bonchev–Trinajstić information content (AvgIpc) is 2.84. The van der Waals surface area contributed by atoms with Crippen LogP contribution in [-0.4, -0.2) is 9.55 Å². The highest BCUT2D eigenvalue weighted by Crippen LogP contribution is 2.26. The van der Waals surface area contributed by atoms with Crippen LogP contribution < -0.4 is 0 Å². The largest absolute Gasteiger partial charge is 0.327 e. The molecule has 0 amide bonds. The van der Waals surface area contributed by atoms with Crippen LogP contribution in [0.1, 0.15) is 11.4 Å². The molecule has 0 unspecified atom stereocenters. The lowest BCUT2D eigenvalue weighted by Gasteiger charge is -2.03. The van der Waals surface area contributed by atoms with Crippen molar-refractivity contribution in [1.29, 1.82) is 5.26 Å². The van der Waals surface area contributed by atoms with Gasteiger partial charge in [0.15, 0.2) is 5.82 Å². The van der Waals surface area contributed by atoms with E-state index >= 15 is 0 Å². The van der Waals surface area contributed by atoms with Gasteiger partial charge in [0.2, 0.25) is 0 Å². The number of fused-ring (bicyclic) bond motifs is 1. The summed E-state index contributed by atoms with van der Waals surface area (Å²) in [5, 5.41) is 10.6. The van der Waals surface area contributed by atoms with Gasteiger partial charge in [-0.15, -0.1) is 0 Å². The smallest absolute Gasteiger partial charge is 0.151 e. The molecule has 0 spiro atoms. The van der Waals surface area contributed by atoms with E-state index in [4.69, 9.17) is 23.2 Å². The van der Waals surface area contributed by atoms with Gasteiger partial charge in [-0.1, -0.05) is 41.4 Å². The molecule has 3 nitrogen and oxygen atoms in total. The number of halogens is 2. The fraction of sp³-hybridized carbons (Fsp3) is 0.0588. The number of aromatic nitrogens is 2. The fourth-order valence-corrected chi connectivity index (χ4v) is 2.77. The SMILES string of the molecule is Cn1c(/C(C#N)=C/c2ccc(Cl)cc2Cl)nc2ccccc21. The first kappa shape index (κ1) is 14.6. The Bertz CT molecular complexity index is 933. The molecule has 108 valence electrons. The Morgan fingerprint density at radius 2 is 2.00 bits per heavy atom. The molecule has 0 saturated heterocycles. The van der Waals surface area contributed by atoms with Crippen LogP contribution in [0.15, 0.2) is 42.5 Å². The molecule has 0 aliphatic heterocycles. The summed E-state index contributed by atoms with van der Waals surface area (Å²) >= 11 is 12.1. The number of nitrogens with zero attached hydrogens (tertiary/aromatic N) is 3. The molecule has 1 heterocycles. The minimum absolute atomic E-state index is 0.447. The third-order valence-electron chi connectivity index (χ3n) is 3.41. The van der Waals surface area contributed by atoms with E-state index in [1.165, 1.54) is 0 Å². The van der Waals surface area contributed by atoms with Crippen LogP contribution in [-0.2, 0) is 7.05 Å². The highest BCUT2D eigenvalue weighted by Gasteiger charge is 2.12. The Kier molecular flexibility index (Phi) is 3.89. The zero-order valence-corrected chi connectivity index (χ0v) is 13.2. The van der Waals surface area contributed by atoms with Crippen LogP contribution in [0.5, 0.6) is 0 Å². The summed E-state index contributed by atoms with van der Waals surface area (Å²) in [5.74, 6) is 0.606. The van der Waals surface area contributed by atoms with Gasteiger partial charge in [0.25, 0.3) is 0 Å². The molecule has 0 N–H and O–H groups in total. The molecule has 0 saturated carbocycles. The molecule has 0 fully saturated rings. The average molecular weight is 328 g/mol. The minimum Gasteiger partial charge on any atom is -0.327 e. The maximum Gasteiger partial charge on any atom is 0.151 e. The van der Waals surface area contributed by atoms with E-state index < -0.39 is 0 Å². The number of hydrogen-bond donors (Lipinski definition) is 0. The number of imidazole rings is 1. The highest BCUT2D eigenvalue weighted by atomic mass is 35.5. The summed E-state index contributed by atoms with van der Waals surface area (Å²) < 4.78 is 1.90. The molecule has 22 heavy (non-hydrogen) atoms. The van der Waals surface area contributed by atoms with E-state index in [9.17, 15) is 5.26 Å². The number of hydrogen-bond acceptors (Lipinski definition) is 2. The van der Waals surface area contributed by atoms with Crippen LogP contribution in [0.3, 0.4) is 0 Å². The van der Waals surface area contributed by atoms with Crippen molar-refractivity contribution in [2.24, 2.45) is 7.05 Å². The summed E-state index contributed by atoms with van der Waals surface area (Å²) in [4.78, 5) is 4.53. The zero-order valence-electron chi connectivity index (χ0n) is 11.7. The first-order valence-electron chi connectivity index (χ1n) is 6.59. The number of rotatable bonds is 2. The van der Waals surface area contributed by atoms with Crippen LogP contribution in [0.4, 0.5) is 0 Å². The van der Waals surface area contributed by atoms with Gasteiger partial charge in [-0.25, -0.2) is 4.98 Å². The van der Waals surface area contributed by atoms with Gasteiger partial charge in [0.1, 0.15) is 6.07 Å². The summed E-state index contributed by atoms with van der Waals surface area (Å²) in [6.45, 7) is 0.